The molecule has 0 saturated heterocycles. The highest BCUT2D eigenvalue weighted by atomic mass is 16.6. The number of carbonyl (C=O) groups excluding carboxylic acids is 1. The molecule has 0 spiro atoms. The fourth-order valence-corrected chi connectivity index (χ4v) is 1.40. The number of hydrogen-bond donors (Lipinski definition) is 3. The minimum atomic E-state index is -0.836. The number of hydrogen-bond acceptors (Lipinski definition) is 5. The van der Waals surface area contributed by atoms with Crippen molar-refractivity contribution in [3.8, 4) is 0 Å². The van der Waals surface area contributed by atoms with Crippen LogP contribution in [0.2, 0.25) is 0 Å². The first-order valence-corrected chi connectivity index (χ1v) is 5.27. The second kappa shape index (κ2) is 6.08. The van der Waals surface area contributed by atoms with Gasteiger partial charge in [-0.05, 0) is 18.6 Å². The Bertz CT molecular complexity index is 457. The van der Waals surface area contributed by atoms with Crippen molar-refractivity contribution in [2.75, 3.05) is 13.2 Å². The topological polar surface area (TPSA) is 113 Å². The van der Waals surface area contributed by atoms with Crippen LogP contribution in [0.25, 0.3) is 0 Å². The van der Waals surface area contributed by atoms with Gasteiger partial charge in [-0.3, -0.25) is 14.9 Å². The summed E-state index contributed by atoms with van der Waals surface area (Å²) in [4.78, 5) is 22.0. The Labute approximate surface area is 103 Å². The Morgan fingerprint density at radius 1 is 1.44 bits per heavy atom. The zero-order valence-corrected chi connectivity index (χ0v) is 9.79. The maximum atomic E-state index is 11.8. The lowest BCUT2D eigenvalue weighted by atomic mass is 10.1. The molecule has 1 rings (SSSR count). The van der Waals surface area contributed by atoms with E-state index in [0.717, 1.165) is 0 Å². The minimum absolute atomic E-state index is 0.0908. The van der Waals surface area contributed by atoms with Crippen molar-refractivity contribution in [1.29, 1.82) is 0 Å². The van der Waals surface area contributed by atoms with Gasteiger partial charge in [0.25, 0.3) is 11.6 Å². The number of aliphatic hydroxyl groups is 2. The highest BCUT2D eigenvalue weighted by Gasteiger charge is 2.21. The first-order valence-electron chi connectivity index (χ1n) is 5.27. The lowest BCUT2D eigenvalue weighted by molar-refractivity contribution is -0.385. The maximum absolute atomic E-state index is 11.8. The molecule has 18 heavy (non-hydrogen) atoms. The van der Waals surface area contributed by atoms with Crippen molar-refractivity contribution < 1.29 is 19.9 Å². The monoisotopic (exact) mass is 254 g/mol. The predicted molar refractivity (Wildman–Crippen MR) is 63.3 cm³/mol. The van der Waals surface area contributed by atoms with Crippen LogP contribution in [0.15, 0.2) is 18.2 Å². The van der Waals surface area contributed by atoms with E-state index in [1.54, 1.807) is 6.92 Å². The van der Waals surface area contributed by atoms with Gasteiger partial charge in [-0.15, -0.1) is 0 Å². The van der Waals surface area contributed by atoms with Gasteiger partial charge in [-0.25, -0.2) is 0 Å². The molecule has 3 N–H and O–H groups in total. The molecule has 0 aliphatic heterocycles. The third-order valence-corrected chi connectivity index (χ3v) is 2.37. The van der Waals surface area contributed by atoms with Crippen molar-refractivity contribution in [2.24, 2.45) is 0 Å². The summed E-state index contributed by atoms with van der Waals surface area (Å²) in [6.07, 6.45) is 0. The van der Waals surface area contributed by atoms with Gasteiger partial charge in [0.2, 0.25) is 0 Å². The molecule has 0 aliphatic rings. The highest BCUT2D eigenvalue weighted by Crippen LogP contribution is 2.19. The van der Waals surface area contributed by atoms with E-state index in [9.17, 15) is 14.9 Å². The first-order chi connectivity index (χ1) is 8.49. The number of nitrogens with zero attached hydrogens (tertiary/aromatic N) is 1. The number of rotatable bonds is 5. The lowest BCUT2D eigenvalue weighted by Crippen LogP contribution is -2.40. The molecule has 0 atom stereocenters. The van der Waals surface area contributed by atoms with Gasteiger partial charge in [0, 0.05) is 6.07 Å². The third kappa shape index (κ3) is 3.25. The van der Waals surface area contributed by atoms with Crippen molar-refractivity contribution >= 4 is 11.6 Å². The van der Waals surface area contributed by atoms with Crippen LogP contribution in [0.4, 0.5) is 5.69 Å². The van der Waals surface area contributed by atoms with E-state index >= 15 is 0 Å². The summed E-state index contributed by atoms with van der Waals surface area (Å²) < 4.78 is 0. The fraction of sp³-hybridized carbons (Fsp3) is 0.364. The first kappa shape index (κ1) is 14.1. The van der Waals surface area contributed by atoms with Gasteiger partial charge in [-0.2, -0.15) is 0 Å². The zero-order chi connectivity index (χ0) is 13.7. The molecule has 0 saturated carbocycles. The number of aryl methyl sites for hydroxylation is 1. The van der Waals surface area contributed by atoms with E-state index in [2.05, 4.69) is 5.32 Å². The molecule has 1 aromatic carbocycles. The maximum Gasteiger partial charge on any atom is 0.282 e. The van der Waals surface area contributed by atoms with Crippen molar-refractivity contribution in [2.45, 2.75) is 13.0 Å². The molecule has 0 unspecified atom stereocenters. The van der Waals surface area contributed by atoms with E-state index < -0.39 is 30.1 Å². The molecule has 0 aliphatic carbocycles. The van der Waals surface area contributed by atoms with E-state index in [1.165, 1.54) is 18.2 Å². The number of aliphatic hydroxyl groups excluding tert-OH is 2. The molecule has 0 aromatic heterocycles. The van der Waals surface area contributed by atoms with E-state index in [1.807, 2.05) is 0 Å². The summed E-state index contributed by atoms with van der Waals surface area (Å²) in [6.45, 7) is 0.819. The minimum Gasteiger partial charge on any atom is -0.394 e. The molecule has 1 aromatic rings. The summed E-state index contributed by atoms with van der Waals surface area (Å²) >= 11 is 0. The van der Waals surface area contributed by atoms with Crippen LogP contribution in [-0.2, 0) is 0 Å². The average Bonchev–Trinajstić information content (AvgIpc) is 2.35. The SMILES string of the molecule is Cc1ccc([N+](=O)[O-])c(C(=O)NC(CO)CO)c1. The van der Waals surface area contributed by atoms with Crippen LogP contribution in [0.5, 0.6) is 0 Å². The normalized spacial score (nSPS) is 10.4. The van der Waals surface area contributed by atoms with Crippen LogP contribution in [-0.4, -0.2) is 40.3 Å². The Hall–Kier alpha value is -1.99. The standard InChI is InChI=1S/C11H14N2O5/c1-7-2-3-10(13(17)18)9(4-7)11(16)12-8(5-14)6-15/h2-4,8,14-15H,5-6H2,1H3,(H,12,16). The largest absolute Gasteiger partial charge is 0.394 e. The Kier molecular flexibility index (Phi) is 4.75. The molecule has 98 valence electrons. The summed E-state index contributed by atoms with van der Waals surface area (Å²) in [5, 5.41) is 30.8. The van der Waals surface area contributed by atoms with Gasteiger partial charge in [0.15, 0.2) is 0 Å². The van der Waals surface area contributed by atoms with E-state index in [4.69, 9.17) is 10.2 Å². The van der Waals surface area contributed by atoms with Gasteiger partial charge < -0.3 is 15.5 Å². The van der Waals surface area contributed by atoms with Gasteiger partial charge in [-0.1, -0.05) is 6.07 Å². The van der Waals surface area contributed by atoms with Crippen LogP contribution in [0.3, 0.4) is 0 Å². The van der Waals surface area contributed by atoms with Gasteiger partial charge in [0.1, 0.15) is 5.56 Å². The van der Waals surface area contributed by atoms with Crippen LogP contribution < -0.4 is 5.32 Å². The van der Waals surface area contributed by atoms with Crippen molar-refractivity contribution in [1.82, 2.24) is 5.32 Å². The number of amides is 1. The number of carbonyl (C=O) groups is 1. The van der Waals surface area contributed by atoms with E-state index in [-0.39, 0.29) is 11.3 Å². The van der Waals surface area contributed by atoms with Gasteiger partial charge in [0.05, 0.1) is 24.2 Å². The smallest absolute Gasteiger partial charge is 0.282 e. The molecule has 0 fully saturated rings. The Morgan fingerprint density at radius 2 is 2.06 bits per heavy atom. The highest BCUT2D eigenvalue weighted by molar-refractivity contribution is 5.98. The van der Waals surface area contributed by atoms with Crippen molar-refractivity contribution in [3.63, 3.8) is 0 Å². The Morgan fingerprint density at radius 3 is 2.56 bits per heavy atom. The molecule has 0 radical (unpaired) electrons. The summed E-state index contributed by atoms with van der Waals surface area (Å²) in [7, 11) is 0. The summed E-state index contributed by atoms with van der Waals surface area (Å²) in [5.41, 5.74) is 0.301. The average molecular weight is 254 g/mol. The number of nitro benzene ring substituents is 1. The second-order valence-electron chi connectivity index (χ2n) is 3.81. The molecular weight excluding hydrogens is 240 g/mol. The quantitative estimate of drug-likeness (QED) is 0.505. The Balaban J connectivity index is 3.03. The molecule has 0 bridgehead atoms. The molecule has 7 heteroatoms. The molecule has 0 heterocycles. The molecule has 7 nitrogen and oxygen atoms in total. The number of nitro groups is 1. The third-order valence-electron chi connectivity index (χ3n) is 2.37. The summed E-state index contributed by atoms with van der Waals surface area (Å²) in [6, 6.07) is 3.33. The molecule has 1 amide bonds. The summed E-state index contributed by atoms with van der Waals surface area (Å²) in [5.74, 6) is -0.696. The van der Waals surface area contributed by atoms with Gasteiger partial charge >= 0.3 is 0 Å². The van der Waals surface area contributed by atoms with Crippen molar-refractivity contribution in [3.05, 3.63) is 39.4 Å². The van der Waals surface area contributed by atoms with E-state index in [0.29, 0.717) is 5.56 Å². The van der Waals surface area contributed by atoms with Crippen LogP contribution in [0, 0.1) is 17.0 Å². The van der Waals surface area contributed by atoms with Crippen LogP contribution >= 0.6 is 0 Å². The fourth-order valence-electron chi connectivity index (χ4n) is 1.40. The number of benzene rings is 1. The predicted octanol–water partition coefficient (Wildman–Crippen LogP) is -0.0138. The zero-order valence-electron chi connectivity index (χ0n) is 9.79. The number of nitrogens with one attached hydrogen (secondary N) is 1. The lowest BCUT2D eigenvalue weighted by Gasteiger charge is -2.13. The van der Waals surface area contributed by atoms with Crippen LogP contribution in [0.1, 0.15) is 15.9 Å². The second-order valence-corrected chi connectivity index (χ2v) is 3.81. The molecular formula is C11H14N2O5.